The molecule has 1 heterocycles. The molecule has 1 fully saturated rings. The molecule has 1 atom stereocenters. The molecule has 1 unspecified atom stereocenters. The van der Waals surface area contributed by atoms with Gasteiger partial charge in [0, 0.05) is 26.7 Å². The minimum Gasteiger partial charge on any atom is -0.373 e. The van der Waals surface area contributed by atoms with Gasteiger partial charge in [-0.05, 0) is 40.5 Å². The van der Waals surface area contributed by atoms with Crippen LogP contribution in [-0.2, 0) is 14.6 Å². The highest BCUT2D eigenvalue weighted by molar-refractivity contribution is 7.92. The molecule has 21 heavy (non-hydrogen) atoms. The minimum absolute atomic E-state index is 0.0883. The van der Waals surface area contributed by atoms with Crippen molar-refractivity contribution in [2.45, 2.75) is 50.9 Å². The van der Waals surface area contributed by atoms with Gasteiger partial charge in [-0.15, -0.1) is 0 Å². The first-order chi connectivity index (χ1) is 9.60. The summed E-state index contributed by atoms with van der Waals surface area (Å²) in [5.41, 5.74) is -0.158. The Balaban J connectivity index is 2.39. The van der Waals surface area contributed by atoms with Crippen LogP contribution in [0, 0.1) is 0 Å². The van der Waals surface area contributed by atoms with Crippen molar-refractivity contribution in [2.24, 2.45) is 4.99 Å². The molecule has 0 aromatic carbocycles. The lowest BCUT2D eigenvalue weighted by atomic mass is 10.0. The van der Waals surface area contributed by atoms with Gasteiger partial charge < -0.3 is 15.4 Å². The number of hydrogen-bond acceptors (Lipinski definition) is 4. The summed E-state index contributed by atoms with van der Waals surface area (Å²) in [6.07, 6.45) is 2.10. The van der Waals surface area contributed by atoms with E-state index in [0.717, 1.165) is 19.4 Å². The predicted octanol–water partition coefficient (Wildman–Crippen LogP) is 0.934. The van der Waals surface area contributed by atoms with Gasteiger partial charge in [0.25, 0.3) is 0 Å². The highest BCUT2D eigenvalue weighted by Gasteiger charge is 2.30. The number of hydrogen-bond donors (Lipinski definition) is 2. The molecule has 1 aliphatic rings. The molecule has 0 radical (unpaired) electrons. The quantitative estimate of drug-likeness (QED) is 0.582. The Morgan fingerprint density at radius 3 is 2.48 bits per heavy atom. The fourth-order valence-electron chi connectivity index (χ4n) is 2.08. The Morgan fingerprint density at radius 1 is 1.33 bits per heavy atom. The maximum atomic E-state index is 12.0. The monoisotopic (exact) mass is 319 g/mol. The number of sulfone groups is 1. The standard InChI is InChI=1S/C14H29N3O3S/c1-13(2,3)21(18,19)10-8-16-12(15-5)17-11-14(4)7-6-9-20-14/h6-11H2,1-5H3,(H2,15,16,17). The zero-order chi connectivity index (χ0) is 16.1. The number of aliphatic imine (C=N–C) groups is 1. The molecule has 1 rings (SSSR count). The highest BCUT2D eigenvalue weighted by Crippen LogP contribution is 2.23. The van der Waals surface area contributed by atoms with E-state index >= 15 is 0 Å². The molecule has 6 nitrogen and oxygen atoms in total. The molecule has 1 aliphatic heterocycles. The first kappa shape index (κ1) is 18.2. The van der Waals surface area contributed by atoms with Crippen molar-refractivity contribution in [2.75, 3.05) is 32.5 Å². The van der Waals surface area contributed by atoms with Gasteiger partial charge in [0.1, 0.15) is 0 Å². The van der Waals surface area contributed by atoms with E-state index in [1.165, 1.54) is 0 Å². The lowest BCUT2D eigenvalue weighted by Crippen LogP contribution is -2.47. The van der Waals surface area contributed by atoms with E-state index in [1.807, 2.05) is 0 Å². The number of ether oxygens (including phenoxy) is 1. The second-order valence-corrected chi connectivity index (χ2v) is 9.55. The third kappa shape index (κ3) is 5.47. The fraction of sp³-hybridized carbons (Fsp3) is 0.929. The largest absolute Gasteiger partial charge is 0.373 e. The van der Waals surface area contributed by atoms with E-state index in [2.05, 4.69) is 22.5 Å². The second kappa shape index (κ2) is 6.96. The van der Waals surface area contributed by atoms with Crippen LogP contribution in [0.3, 0.4) is 0 Å². The van der Waals surface area contributed by atoms with Crippen molar-refractivity contribution in [3.8, 4) is 0 Å². The van der Waals surface area contributed by atoms with E-state index in [9.17, 15) is 8.42 Å². The van der Waals surface area contributed by atoms with E-state index in [0.29, 0.717) is 19.0 Å². The van der Waals surface area contributed by atoms with E-state index < -0.39 is 14.6 Å². The van der Waals surface area contributed by atoms with Crippen LogP contribution < -0.4 is 10.6 Å². The summed E-state index contributed by atoms with van der Waals surface area (Å²) < 4.78 is 29.0. The maximum absolute atomic E-state index is 12.0. The van der Waals surface area contributed by atoms with Gasteiger partial charge >= 0.3 is 0 Å². The first-order valence-electron chi connectivity index (χ1n) is 7.40. The molecule has 0 spiro atoms. The Labute approximate surface area is 128 Å². The molecule has 124 valence electrons. The van der Waals surface area contributed by atoms with E-state index in [-0.39, 0.29) is 11.4 Å². The van der Waals surface area contributed by atoms with Gasteiger partial charge in [-0.2, -0.15) is 0 Å². The van der Waals surface area contributed by atoms with Crippen LogP contribution in [0.15, 0.2) is 4.99 Å². The normalized spacial score (nSPS) is 24.1. The minimum atomic E-state index is -3.11. The van der Waals surface area contributed by atoms with Gasteiger partial charge in [-0.3, -0.25) is 4.99 Å². The average molecular weight is 319 g/mol. The first-order valence-corrected chi connectivity index (χ1v) is 9.06. The lowest BCUT2D eigenvalue weighted by molar-refractivity contribution is 0.0243. The predicted molar refractivity (Wildman–Crippen MR) is 86.5 cm³/mol. The second-order valence-electron chi connectivity index (χ2n) is 6.69. The van der Waals surface area contributed by atoms with Gasteiger partial charge in [0.2, 0.25) is 0 Å². The van der Waals surface area contributed by atoms with Crippen LogP contribution in [0.2, 0.25) is 0 Å². The molecule has 0 amide bonds. The van der Waals surface area contributed by atoms with Crippen molar-refractivity contribution in [3.63, 3.8) is 0 Å². The molecular weight excluding hydrogens is 290 g/mol. The van der Waals surface area contributed by atoms with Crippen molar-refractivity contribution in [3.05, 3.63) is 0 Å². The zero-order valence-corrected chi connectivity index (χ0v) is 14.6. The smallest absolute Gasteiger partial charge is 0.191 e. The van der Waals surface area contributed by atoms with Crippen LogP contribution in [0.5, 0.6) is 0 Å². The molecule has 2 N–H and O–H groups in total. The fourth-order valence-corrected chi connectivity index (χ4v) is 3.06. The zero-order valence-electron chi connectivity index (χ0n) is 13.8. The molecular formula is C14H29N3O3S. The van der Waals surface area contributed by atoms with Gasteiger partial charge in [0.15, 0.2) is 15.8 Å². The number of rotatable bonds is 5. The van der Waals surface area contributed by atoms with Crippen LogP contribution in [-0.4, -0.2) is 57.2 Å². The van der Waals surface area contributed by atoms with E-state index in [1.54, 1.807) is 27.8 Å². The molecule has 0 aromatic heterocycles. The summed E-state index contributed by atoms with van der Waals surface area (Å²) in [6.45, 7) is 9.03. The summed E-state index contributed by atoms with van der Waals surface area (Å²) in [5, 5.41) is 6.24. The van der Waals surface area contributed by atoms with Crippen LogP contribution in [0.25, 0.3) is 0 Å². The summed E-state index contributed by atoms with van der Waals surface area (Å²) >= 11 is 0. The molecule has 0 aliphatic carbocycles. The summed E-state index contributed by atoms with van der Waals surface area (Å²) in [4.78, 5) is 4.11. The number of guanidine groups is 1. The Kier molecular flexibility index (Phi) is 6.04. The molecule has 0 saturated carbocycles. The maximum Gasteiger partial charge on any atom is 0.191 e. The molecule has 0 aromatic rings. The molecule has 1 saturated heterocycles. The van der Waals surface area contributed by atoms with Crippen molar-refractivity contribution in [1.82, 2.24) is 10.6 Å². The average Bonchev–Trinajstić information content (AvgIpc) is 2.79. The van der Waals surface area contributed by atoms with Crippen molar-refractivity contribution >= 4 is 15.8 Å². The van der Waals surface area contributed by atoms with Crippen LogP contribution in [0.1, 0.15) is 40.5 Å². The Morgan fingerprint density at radius 2 is 2.00 bits per heavy atom. The number of nitrogens with one attached hydrogen (secondary N) is 2. The highest BCUT2D eigenvalue weighted by atomic mass is 32.2. The van der Waals surface area contributed by atoms with Crippen LogP contribution >= 0.6 is 0 Å². The molecule has 7 heteroatoms. The number of nitrogens with zero attached hydrogens (tertiary/aromatic N) is 1. The summed E-state index contributed by atoms with van der Waals surface area (Å²) in [7, 11) is -1.44. The third-order valence-electron chi connectivity index (χ3n) is 3.75. The lowest BCUT2D eigenvalue weighted by Gasteiger charge is -2.25. The molecule has 0 bridgehead atoms. The third-order valence-corrected chi connectivity index (χ3v) is 6.36. The van der Waals surface area contributed by atoms with Gasteiger partial charge in [0.05, 0.1) is 16.1 Å². The van der Waals surface area contributed by atoms with Crippen molar-refractivity contribution in [1.29, 1.82) is 0 Å². The van der Waals surface area contributed by atoms with Gasteiger partial charge in [-0.25, -0.2) is 8.42 Å². The summed E-state index contributed by atoms with van der Waals surface area (Å²) in [6, 6.07) is 0. The Bertz CT molecular complexity index is 460. The van der Waals surface area contributed by atoms with Crippen molar-refractivity contribution < 1.29 is 13.2 Å². The van der Waals surface area contributed by atoms with Crippen LogP contribution in [0.4, 0.5) is 0 Å². The Hall–Kier alpha value is -0.820. The SMILES string of the molecule is CN=C(NCCS(=O)(=O)C(C)(C)C)NCC1(C)CCCO1. The van der Waals surface area contributed by atoms with Gasteiger partial charge in [-0.1, -0.05) is 0 Å². The topological polar surface area (TPSA) is 79.8 Å². The summed E-state index contributed by atoms with van der Waals surface area (Å²) in [5.74, 6) is 0.696. The van der Waals surface area contributed by atoms with E-state index in [4.69, 9.17) is 4.74 Å².